The maximum atomic E-state index is 13.5. The zero-order valence-electron chi connectivity index (χ0n) is 22.9. The Balaban J connectivity index is 1.19. The topological polar surface area (TPSA) is 194 Å². The van der Waals surface area contributed by atoms with Crippen LogP contribution in [0.15, 0.2) is 41.5 Å². The molecule has 4 heterocycles. The van der Waals surface area contributed by atoms with Crippen molar-refractivity contribution in [3.8, 4) is 5.75 Å². The fourth-order valence-electron chi connectivity index (χ4n) is 6.58. The molecule has 6 rings (SSSR count). The number of hydrogen-bond acceptors (Lipinski definition) is 10. The van der Waals surface area contributed by atoms with Crippen molar-refractivity contribution >= 4 is 23.7 Å². The van der Waals surface area contributed by atoms with Gasteiger partial charge < -0.3 is 31.1 Å². The molecule has 0 radical (unpaired) electrons. The molecule has 4 aliphatic rings. The van der Waals surface area contributed by atoms with Crippen LogP contribution in [-0.2, 0) is 12.8 Å². The second-order valence-electron chi connectivity index (χ2n) is 10.8. The van der Waals surface area contributed by atoms with E-state index < -0.39 is 29.9 Å². The number of carbonyl (C=O) groups excluding carboxylic acids is 2. The van der Waals surface area contributed by atoms with Gasteiger partial charge in [0.1, 0.15) is 23.6 Å². The minimum atomic E-state index is -1.17. The number of aryl methyl sites for hydroxylation is 1. The first-order valence-corrected chi connectivity index (χ1v) is 14.1. The first-order chi connectivity index (χ1) is 19.8. The molecule has 2 aromatic rings. The van der Waals surface area contributed by atoms with E-state index in [1.54, 1.807) is 17.0 Å². The van der Waals surface area contributed by atoms with Crippen molar-refractivity contribution in [2.45, 2.75) is 62.5 Å². The molecule has 3 aliphatic heterocycles. The average Bonchev–Trinajstić information content (AvgIpc) is 3.47. The number of aliphatic imine (C=N–C) groups is 1. The number of nitrogens with zero attached hydrogens (tertiary/aromatic N) is 3. The minimum absolute atomic E-state index is 0.108. The number of ether oxygens (including phenoxy) is 1. The summed E-state index contributed by atoms with van der Waals surface area (Å²) >= 11 is 0. The molecule has 9 N–H and O–H groups in total. The Bertz CT molecular complexity index is 1410. The fourth-order valence-corrected chi connectivity index (χ4v) is 6.58. The molecule has 1 saturated heterocycles. The number of nitrogens with two attached hydrogens (primary N) is 2. The summed E-state index contributed by atoms with van der Waals surface area (Å²) < 4.78 is 5.39. The molecule has 13 nitrogen and oxygen atoms in total. The van der Waals surface area contributed by atoms with Crippen LogP contribution in [0, 0.1) is 0 Å². The number of amides is 2. The fraction of sp³-hybridized carbons (Fsp3) is 0.464. The van der Waals surface area contributed by atoms with Gasteiger partial charge in [-0.1, -0.05) is 12.1 Å². The smallest absolute Gasteiger partial charge is 0.343 e. The van der Waals surface area contributed by atoms with Gasteiger partial charge in [0, 0.05) is 18.7 Å². The van der Waals surface area contributed by atoms with Crippen LogP contribution in [-0.4, -0.2) is 88.3 Å². The lowest BCUT2D eigenvalue weighted by Crippen LogP contribution is -2.88. The number of guanidine groups is 2. The quantitative estimate of drug-likeness (QED) is 0.188. The molecule has 1 unspecified atom stereocenters. The Morgan fingerprint density at radius 1 is 1.22 bits per heavy atom. The van der Waals surface area contributed by atoms with Gasteiger partial charge in [-0.15, -0.1) is 0 Å². The summed E-state index contributed by atoms with van der Waals surface area (Å²) in [7, 11) is 0. The maximum absolute atomic E-state index is 13.5. The van der Waals surface area contributed by atoms with Crippen LogP contribution in [0.3, 0.4) is 0 Å². The van der Waals surface area contributed by atoms with Gasteiger partial charge in [-0.3, -0.25) is 20.3 Å². The lowest BCUT2D eigenvalue weighted by molar-refractivity contribution is -0.513. The number of rotatable bonds is 7. The van der Waals surface area contributed by atoms with Crippen LogP contribution in [0.1, 0.15) is 51.7 Å². The molecule has 41 heavy (non-hydrogen) atoms. The summed E-state index contributed by atoms with van der Waals surface area (Å²) in [6, 6.07) is 7.31. The molecule has 5 atom stereocenters. The highest BCUT2D eigenvalue weighted by Crippen LogP contribution is 2.35. The Kier molecular flexibility index (Phi) is 6.89. The lowest BCUT2D eigenvalue weighted by Gasteiger charge is -2.43. The van der Waals surface area contributed by atoms with Gasteiger partial charge in [0.2, 0.25) is 5.66 Å². The van der Waals surface area contributed by atoms with Gasteiger partial charge in [-0.2, -0.15) is 0 Å². The zero-order chi connectivity index (χ0) is 28.7. The van der Waals surface area contributed by atoms with Gasteiger partial charge in [-0.05, 0) is 61.9 Å². The highest BCUT2D eigenvalue weighted by atomic mass is 16.5. The molecule has 1 spiro atoms. The Hall–Kier alpha value is -4.39. The second-order valence-corrected chi connectivity index (χ2v) is 10.8. The highest BCUT2D eigenvalue weighted by molar-refractivity contribution is 5.96. The number of aliphatic hydroxyl groups excluding tert-OH is 1. The van der Waals surface area contributed by atoms with E-state index in [1.165, 1.54) is 11.8 Å². The number of aliphatic hydroxyl groups is 1. The summed E-state index contributed by atoms with van der Waals surface area (Å²) in [5.41, 5.74) is 14.6. The molecule has 13 heteroatoms. The number of nitrogens with one attached hydrogen (secondary N) is 4. The van der Waals surface area contributed by atoms with Crippen LogP contribution in [0.2, 0.25) is 0 Å². The number of aromatic nitrogens is 1. The van der Waals surface area contributed by atoms with Crippen molar-refractivity contribution < 1.29 is 24.4 Å². The first kappa shape index (κ1) is 26.8. The predicted octanol–water partition coefficient (Wildman–Crippen LogP) is -2.68. The number of carbonyl (C=O) groups is 2. The largest absolute Gasteiger partial charge is 0.492 e. The van der Waals surface area contributed by atoms with E-state index in [9.17, 15) is 14.7 Å². The van der Waals surface area contributed by atoms with E-state index in [0.717, 1.165) is 31.2 Å². The number of benzene rings is 1. The van der Waals surface area contributed by atoms with Crippen LogP contribution in [0.25, 0.3) is 0 Å². The molecular formula is C28H36N9O4+. The van der Waals surface area contributed by atoms with Crippen LogP contribution in [0.5, 0.6) is 5.75 Å². The molecule has 1 aromatic carbocycles. The number of fused-ring (bicyclic) bond motifs is 1. The van der Waals surface area contributed by atoms with Gasteiger partial charge >= 0.3 is 5.96 Å². The normalized spacial score (nSPS) is 27.9. The van der Waals surface area contributed by atoms with Crippen LogP contribution < -0.4 is 37.1 Å². The first-order valence-electron chi connectivity index (χ1n) is 14.1. The predicted molar refractivity (Wildman–Crippen MR) is 150 cm³/mol. The average molecular weight is 563 g/mol. The van der Waals surface area contributed by atoms with E-state index in [1.807, 2.05) is 19.1 Å². The second kappa shape index (κ2) is 10.5. The number of hydrogen-bond donors (Lipinski definition) is 7. The van der Waals surface area contributed by atoms with E-state index in [2.05, 4.69) is 37.0 Å². The van der Waals surface area contributed by atoms with Gasteiger partial charge in [0.05, 0.1) is 18.8 Å². The van der Waals surface area contributed by atoms with Crippen LogP contribution in [0.4, 0.5) is 0 Å². The van der Waals surface area contributed by atoms with E-state index in [-0.39, 0.29) is 42.5 Å². The third kappa shape index (κ3) is 4.59. The monoisotopic (exact) mass is 562 g/mol. The summed E-state index contributed by atoms with van der Waals surface area (Å²) in [6.45, 7) is 2.70. The third-order valence-corrected chi connectivity index (χ3v) is 8.45. The van der Waals surface area contributed by atoms with E-state index in [4.69, 9.17) is 16.2 Å². The molecule has 216 valence electrons. The van der Waals surface area contributed by atoms with Gasteiger partial charge in [0.25, 0.3) is 11.8 Å². The van der Waals surface area contributed by atoms with Crippen molar-refractivity contribution in [1.29, 1.82) is 0 Å². The summed E-state index contributed by atoms with van der Waals surface area (Å²) in [4.78, 5) is 40.0. The van der Waals surface area contributed by atoms with Crippen molar-refractivity contribution in [3.05, 3.63) is 58.9 Å². The Morgan fingerprint density at radius 3 is 2.83 bits per heavy atom. The third-order valence-electron chi connectivity index (χ3n) is 8.45. The molecule has 0 bridgehead atoms. The summed E-state index contributed by atoms with van der Waals surface area (Å²) in [6.07, 6.45) is 4.39. The van der Waals surface area contributed by atoms with Crippen molar-refractivity contribution in [2.24, 2.45) is 16.5 Å². The number of pyridine rings is 1. The highest BCUT2D eigenvalue weighted by Gasteiger charge is 2.68. The summed E-state index contributed by atoms with van der Waals surface area (Å²) in [5.74, 6) is 0.385. The lowest BCUT2D eigenvalue weighted by atomic mass is 9.87. The van der Waals surface area contributed by atoms with Crippen LogP contribution >= 0.6 is 0 Å². The van der Waals surface area contributed by atoms with Gasteiger partial charge in [-0.25, -0.2) is 15.3 Å². The summed E-state index contributed by atoms with van der Waals surface area (Å²) in [5, 5.41) is 20.8. The molecule has 0 saturated carbocycles. The van der Waals surface area contributed by atoms with Crippen molar-refractivity contribution in [3.63, 3.8) is 0 Å². The Labute approximate surface area is 237 Å². The zero-order valence-corrected chi connectivity index (χ0v) is 22.9. The molecular weight excluding hydrogens is 526 g/mol. The molecule has 1 aliphatic carbocycles. The molecule has 2 amide bonds. The Morgan fingerprint density at radius 2 is 2.05 bits per heavy atom. The SMILES string of the molecule is CCOc1ccc(C(=O)NC[C@@H]2N=C(N)N3CC(NC(=O)c4cccc5c4CCCC5)[C@@H](O)[C@@]34NC(N)=[NH+][C@@H]24)nc1. The molecule has 1 aromatic heterocycles. The standard InChI is InChI=1S/C28H35N9O4/c1-2-41-16-10-11-19(31-12-16)25(40)32-13-20-22-28(36-26(29)35-22)23(38)21(14-37(28)27(30)34-20)33-24(39)18-9-5-7-15-6-3-4-8-17(15)18/h5,7,9-12,20-23,38H,2-4,6,8,13-14H2,1H3,(H2,30,34)(H,32,40)(H,33,39)(H3,29,35,36)/p+1/t20-,21?,22-,23+,28-/m0/s1. The van der Waals surface area contributed by atoms with E-state index >= 15 is 0 Å². The van der Waals surface area contributed by atoms with Gasteiger partial charge in [0.15, 0.2) is 12.0 Å². The van der Waals surface area contributed by atoms with E-state index in [0.29, 0.717) is 17.9 Å². The maximum Gasteiger partial charge on any atom is 0.343 e. The van der Waals surface area contributed by atoms with Crippen molar-refractivity contribution in [1.82, 2.24) is 25.8 Å². The van der Waals surface area contributed by atoms with Crippen molar-refractivity contribution in [2.75, 3.05) is 19.7 Å². The molecule has 1 fully saturated rings. The minimum Gasteiger partial charge on any atom is -0.492 e.